The highest BCUT2D eigenvalue weighted by atomic mass is 19.2. The summed E-state index contributed by atoms with van der Waals surface area (Å²) in [6.07, 6.45) is 4.83. The van der Waals surface area contributed by atoms with E-state index in [0.29, 0.717) is 18.0 Å². The SMILES string of the molecule is C=CCC1CCC(c2cccc(F)c2F)CNC1. The summed E-state index contributed by atoms with van der Waals surface area (Å²) in [6.45, 7) is 5.40. The molecule has 3 heteroatoms. The van der Waals surface area contributed by atoms with Crippen LogP contribution in [0.25, 0.3) is 0 Å². The lowest BCUT2D eigenvalue weighted by atomic mass is 9.91. The number of benzene rings is 1. The molecule has 0 radical (unpaired) electrons. The Hall–Kier alpha value is -1.22. The van der Waals surface area contributed by atoms with Gasteiger partial charge in [0.15, 0.2) is 11.6 Å². The molecule has 1 aliphatic rings. The van der Waals surface area contributed by atoms with Crippen LogP contribution < -0.4 is 5.32 Å². The van der Waals surface area contributed by atoms with E-state index in [1.165, 1.54) is 6.07 Å². The first kappa shape index (κ1) is 13.2. The molecule has 1 fully saturated rings. The molecule has 0 aromatic heterocycles. The topological polar surface area (TPSA) is 12.0 Å². The molecule has 1 aromatic rings. The molecular formula is C15H19F2N. The van der Waals surface area contributed by atoms with E-state index in [1.807, 2.05) is 6.08 Å². The average molecular weight is 251 g/mol. The molecule has 1 aromatic carbocycles. The Morgan fingerprint density at radius 2 is 2.11 bits per heavy atom. The molecule has 1 aliphatic heterocycles. The van der Waals surface area contributed by atoms with Crippen LogP contribution in [0.1, 0.15) is 30.7 Å². The van der Waals surface area contributed by atoms with Crippen molar-refractivity contribution in [3.63, 3.8) is 0 Å². The van der Waals surface area contributed by atoms with Crippen molar-refractivity contribution in [2.24, 2.45) is 5.92 Å². The van der Waals surface area contributed by atoms with Crippen molar-refractivity contribution in [2.45, 2.75) is 25.2 Å². The van der Waals surface area contributed by atoms with Crippen LogP contribution in [0.3, 0.4) is 0 Å². The Labute approximate surface area is 107 Å². The summed E-state index contributed by atoms with van der Waals surface area (Å²) < 4.78 is 27.0. The monoisotopic (exact) mass is 251 g/mol. The second kappa shape index (κ2) is 6.10. The van der Waals surface area contributed by atoms with E-state index < -0.39 is 11.6 Å². The fraction of sp³-hybridized carbons (Fsp3) is 0.467. The molecule has 0 bridgehead atoms. The quantitative estimate of drug-likeness (QED) is 0.809. The van der Waals surface area contributed by atoms with Crippen molar-refractivity contribution in [1.82, 2.24) is 5.32 Å². The van der Waals surface area contributed by atoms with Crippen molar-refractivity contribution in [3.05, 3.63) is 48.1 Å². The summed E-state index contributed by atoms with van der Waals surface area (Å²) in [7, 11) is 0. The highest BCUT2D eigenvalue weighted by molar-refractivity contribution is 5.23. The standard InChI is InChI=1S/C15H19F2N/c1-2-4-11-7-8-12(10-18-9-11)13-5-3-6-14(16)15(13)17/h2-3,5-6,11-12,18H,1,4,7-10H2. The molecule has 0 spiro atoms. The van der Waals surface area contributed by atoms with Crippen LogP contribution >= 0.6 is 0 Å². The molecule has 2 atom stereocenters. The third-order valence-electron chi connectivity index (χ3n) is 3.67. The third kappa shape index (κ3) is 2.96. The van der Waals surface area contributed by atoms with Crippen LogP contribution in [0.2, 0.25) is 0 Å². The molecule has 98 valence electrons. The van der Waals surface area contributed by atoms with Crippen LogP contribution in [0.5, 0.6) is 0 Å². The van der Waals surface area contributed by atoms with Crippen molar-refractivity contribution in [2.75, 3.05) is 13.1 Å². The lowest BCUT2D eigenvalue weighted by molar-refractivity contribution is 0.468. The van der Waals surface area contributed by atoms with Gasteiger partial charge in [-0.15, -0.1) is 6.58 Å². The summed E-state index contributed by atoms with van der Waals surface area (Å²) in [5.41, 5.74) is 0.502. The van der Waals surface area contributed by atoms with Gasteiger partial charge in [0.05, 0.1) is 0 Å². The minimum atomic E-state index is -0.751. The molecular weight excluding hydrogens is 232 g/mol. The predicted octanol–water partition coefficient (Wildman–Crippen LogP) is 3.62. The van der Waals surface area contributed by atoms with Crippen LogP contribution in [-0.2, 0) is 0 Å². The number of hydrogen-bond acceptors (Lipinski definition) is 1. The van der Waals surface area contributed by atoms with Gasteiger partial charge in [0.1, 0.15) is 0 Å². The van der Waals surface area contributed by atoms with Crippen LogP contribution in [0.4, 0.5) is 8.78 Å². The number of allylic oxidation sites excluding steroid dienone is 1. The van der Waals surface area contributed by atoms with Crippen molar-refractivity contribution >= 4 is 0 Å². The van der Waals surface area contributed by atoms with Crippen LogP contribution in [0.15, 0.2) is 30.9 Å². The molecule has 2 rings (SSSR count). The Balaban J connectivity index is 2.10. The molecule has 0 amide bonds. The van der Waals surface area contributed by atoms with E-state index in [-0.39, 0.29) is 5.92 Å². The van der Waals surface area contributed by atoms with E-state index in [9.17, 15) is 8.78 Å². The first-order valence-electron chi connectivity index (χ1n) is 6.48. The summed E-state index contributed by atoms with van der Waals surface area (Å²) in [6, 6.07) is 4.45. The maximum Gasteiger partial charge on any atom is 0.162 e. The van der Waals surface area contributed by atoms with E-state index in [4.69, 9.17) is 0 Å². The highest BCUT2D eigenvalue weighted by Gasteiger charge is 2.22. The van der Waals surface area contributed by atoms with Gasteiger partial charge in [0, 0.05) is 6.54 Å². The van der Waals surface area contributed by atoms with Gasteiger partial charge in [-0.1, -0.05) is 18.2 Å². The number of hydrogen-bond donors (Lipinski definition) is 1. The second-order valence-corrected chi connectivity index (χ2v) is 4.97. The van der Waals surface area contributed by atoms with Gasteiger partial charge in [0.25, 0.3) is 0 Å². The van der Waals surface area contributed by atoms with Gasteiger partial charge >= 0.3 is 0 Å². The zero-order valence-electron chi connectivity index (χ0n) is 10.5. The fourth-order valence-electron chi connectivity index (χ4n) is 2.64. The Kier molecular flexibility index (Phi) is 4.48. The molecule has 1 nitrogen and oxygen atoms in total. The maximum absolute atomic E-state index is 13.7. The van der Waals surface area contributed by atoms with Crippen molar-refractivity contribution in [3.8, 4) is 0 Å². The summed E-state index contributed by atoms with van der Waals surface area (Å²) in [5.74, 6) is -0.814. The van der Waals surface area contributed by atoms with Gasteiger partial charge < -0.3 is 5.32 Å². The maximum atomic E-state index is 13.7. The zero-order valence-corrected chi connectivity index (χ0v) is 10.5. The largest absolute Gasteiger partial charge is 0.316 e. The van der Waals surface area contributed by atoms with Crippen LogP contribution in [0, 0.1) is 17.6 Å². The summed E-state index contributed by atoms with van der Waals surface area (Å²) in [4.78, 5) is 0. The first-order valence-corrected chi connectivity index (χ1v) is 6.48. The minimum absolute atomic E-state index is 0.0653. The van der Waals surface area contributed by atoms with Gasteiger partial charge in [-0.05, 0) is 49.3 Å². The van der Waals surface area contributed by atoms with Gasteiger partial charge in [-0.25, -0.2) is 8.78 Å². The molecule has 1 N–H and O–H groups in total. The third-order valence-corrected chi connectivity index (χ3v) is 3.67. The van der Waals surface area contributed by atoms with Gasteiger partial charge in [0.2, 0.25) is 0 Å². The predicted molar refractivity (Wildman–Crippen MR) is 69.5 cm³/mol. The van der Waals surface area contributed by atoms with Crippen molar-refractivity contribution in [1.29, 1.82) is 0 Å². The molecule has 18 heavy (non-hydrogen) atoms. The second-order valence-electron chi connectivity index (χ2n) is 4.97. The summed E-state index contributed by atoms with van der Waals surface area (Å²) in [5, 5.41) is 3.34. The summed E-state index contributed by atoms with van der Waals surface area (Å²) >= 11 is 0. The Bertz CT molecular complexity index is 417. The van der Waals surface area contributed by atoms with E-state index in [0.717, 1.165) is 25.8 Å². The number of halogens is 2. The Morgan fingerprint density at radius 3 is 2.89 bits per heavy atom. The highest BCUT2D eigenvalue weighted by Crippen LogP contribution is 2.29. The normalized spacial score (nSPS) is 24.6. The molecule has 0 aliphatic carbocycles. The smallest absolute Gasteiger partial charge is 0.162 e. The zero-order chi connectivity index (χ0) is 13.0. The van der Waals surface area contributed by atoms with E-state index in [1.54, 1.807) is 12.1 Å². The van der Waals surface area contributed by atoms with Gasteiger partial charge in [-0.3, -0.25) is 0 Å². The molecule has 0 saturated carbocycles. The van der Waals surface area contributed by atoms with Crippen molar-refractivity contribution < 1.29 is 8.78 Å². The van der Waals surface area contributed by atoms with E-state index in [2.05, 4.69) is 11.9 Å². The fourth-order valence-corrected chi connectivity index (χ4v) is 2.64. The number of nitrogens with one attached hydrogen (secondary N) is 1. The molecule has 1 heterocycles. The van der Waals surface area contributed by atoms with Crippen LogP contribution in [-0.4, -0.2) is 13.1 Å². The molecule has 2 unspecified atom stereocenters. The molecule has 1 saturated heterocycles. The lowest BCUT2D eigenvalue weighted by Gasteiger charge is -2.15. The minimum Gasteiger partial charge on any atom is -0.316 e. The van der Waals surface area contributed by atoms with Gasteiger partial charge in [-0.2, -0.15) is 0 Å². The Morgan fingerprint density at radius 1 is 1.28 bits per heavy atom. The van der Waals surface area contributed by atoms with E-state index >= 15 is 0 Å². The number of rotatable bonds is 3. The first-order chi connectivity index (χ1) is 8.72. The average Bonchev–Trinajstić information content (AvgIpc) is 2.59. The lowest BCUT2D eigenvalue weighted by Crippen LogP contribution is -2.23.